The van der Waals surface area contributed by atoms with E-state index in [1.54, 1.807) is 24.3 Å². The molecule has 3 nitrogen and oxygen atoms in total. The SMILES string of the molecule is O=C(Cc1ccccc1O)NCCCl. The molecule has 1 aromatic rings. The Hall–Kier alpha value is -1.22. The number of alkyl halides is 1. The Balaban J connectivity index is 2.52. The summed E-state index contributed by atoms with van der Waals surface area (Å²) in [6.45, 7) is 0.452. The number of carbonyl (C=O) groups excluding carboxylic acids is 1. The van der Waals surface area contributed by atoms with Gasteiger partial charge in [0, 0.05) is 18.0 Å². The number of carbonyl (C=O) groups is 1. The van der Waals surface area contributed by atoms with Gasteiger partial charge in [0.1, 0.15) is 5.75 Å². The number of nitrogens with one attached hydrogen (secondary N) is 1. The minimum atomic E-state index is -0.132. The Morgan fingerprint density at radius 2 is 2.14 bits per heavy atom. The molecule has 0 heterocycles. The molecule has 1 amide bonds. The minimum Gasteiger partial charge on any atom is -0.508 e. The number of benzene rings is 1. The Labute approximate surface area is 87.7 Å². The summed E-state index contributed by atoms with van der Waals surface area (Å²) in [5, 5.41) is 12.0. The van der Waals surface area contributed by atoms with E-state index in [0.717, 1.165) is 0 Å². The lowest BCUT2D eigenvalue weighted by molar-refractivity contribution is -0.120. The zero-order valence-electron chi connectivity index (χ0n) is 7.66. The van der Waals surface area contributed by atoms with Crippen LogP contribution in [0, 0.1) is 0 Å². The van der Waals surface area contributed by atoms with Gasteiger partial charge in [-0.15, -0.1) is 11.6 Å². The molecular formula is C10H12ClNO2. The molecule has 0 aliphatic heterocycles. The first-order chi connectivity index (χ1) is 6.74. The number of aromatic hydroxyl groups is 1. The van der Waals surface area contributed by atoms with Crippen LogP contribution >= 0.6 is 11.6 Å². The van der Waals surface area contributed by atoms with E-state index in [1.807, 2.05) is 0 Å². The topological polar surface area (TPSA) is 49.3 Å². The molecule has 0 aliphatic rings. The normalized spacial score (nSPS) is 9.79. The average Bonchev–Trinajstić information content (AvgIpc) is 2.18. The monoisotopic (exact) mass is 213 g/mol. The first kappa shape index (κ1) is 10.9. The summed E-state index contributed by atoms with van der Waals surface area (Å²) < 4.78 is 0. The lowest BCUT2D eigenvalue weighted by atomic mass is 10.1. The van der Waals surface area contributed by atoms with Crippen LogP contribution in [0.5, 0.6) is 5.75 Å². The van der Waals surface area contributed by atoms with Gasteiger partial charge < -0.3 is 10.4 Å². The van der Waals surface area contributed by atoms with Gasteiger partial charge in [-0.2, -0.15) is 0 Å². The number of para-hydroxylation sites is 1. The summed E-state index contributed by atoms with van der Waals surface area (Å²) in [5.41, 5.74) is 0.625. The predicted octanol–water partition coefficient (Wildman–Crippen LogP) is 1.29. The Kier molecular flexibility index (Phi) is 4.26. The molecule has 76 valence electrons. The van der Waals surface area contributed by atoms with Gasteiger partial charge in [0.2, 0.25) is 5.91 Å². The molecule has 1 rings (SSSR count). The van der Waals surface area contributed by atoms with Crippen molar-refractivity contribution in [2.24, 2.45) is 0 Å². The molecule has 0 bridgehead atoms. The standard InChI is InChI=1S/C10H12ClNO2/c11-5-6-12-10(14)7-8-3-1-2-4-9(8)13/h1-4,13H,5-7H2,(H,12,14). The molecule has 0 saturated carbocycles. The number of hydrogen-bond donors (Lipinski definition) is 2. The summed E-state index contributed by atoms with van der Waals surface area (Å²) in [4.78, 5) is 11.2. The lowest BCUT2D eigenvalue weighted by Crippen LogP contribution is -2.26. The molecule has 0 saturated heterocycles. The van der Waals surface area contributed by atoms with Gasteiger partial charge in [-0.05, 0) is 6.07 Å². The van der Waals surface area contributed by atoms with Crippen LogP contribution in [0.4, 0.5) is 0 Å². The lowest BCUT2D eigenvalue weighted by Gasteiger charge is -2.04. The van der Waals surface area contributed by atoms with E-state index in [4.69, 9.17) is 11.6 Å². The highest BCUT2D eigenvalue weighted by atomic mass is 35.5. The van der Waals surface area contributed by atoms with Crippen molar-refractivity contribution in [2.45, 2.75) is 6.42 Å². The molecule has 0 unspecified atom stereocenters. The third kappa shape index (κ3) is 3.26. The van der Waals surface area contributed by atoms with Crippen LogP contribution < -0.4 is 5.32 Å². The molecular weight excluding hydrogens is 202 g/mol. The van der Waals surface area contributed by atoms with Crippen LogP contribution in [0.1, 0.15) is 5.56 Å². The van der Waals surface area contributed by atoms with Crippen LogP contribution in [0.2, 0.25) is 0 Å². The van der Waals surface area contributed by atoms with Crippen molar-refractivity contribution < 1.29 is 9.90 Å². The van der Waals surface area contributed by atoms with E-state index in [-0.39, 0.29) is 18.1 Å². The van der Waals surface area contributed by atoms with E-state index in [0.29, 0.717) is 18.0 Å². The van der Waals surface area contributed by atoms with Crippen LogP contribution in [0.25, 0.3) is 0 Å². The first-order valence-corrected chi connectivity index (χ1v) is 4.87. The fraction of sp³-hybridized carbons (Fsp3) is 0.300. The third-order valence-electron chi connectivity index (χ3n) is 1.76. The van der Waals surface area contributed by atoms with E-state index in [9.17, 15) is 9.90 Å². The minimum absolute atomic E-state index is 0.132. The van der Waals surface area contributed by atoms with E-state index < -0.39 is 0 Å². The molecule has 0 fully saturated rings. The maximum absolute atomic E-state index is 11.2. The Morgan fingerprint density at radius 1 is 1.43 bits per heavy atom. The third-order valence-corrected chi connectivity index (χ3v) is 1.95. The number of phenolic OH excluding ortho intramolecular Hbond substituents is 1. The van der Waals surface area contributed by atoms with E-state index in [1.165, 1.54) is 0 Å². The van der Waals surface area contributed by atoms with Crippen molar-refractivity contribution in [3.63, 3.8) is 0 Å². The Morgan fingerprint density at radius 3 is 2.79 bits per heavy atom. The molecule has 2 N–H and O–H groups in total. The van der Waals surface area contributed by atoms with Gasteiger partial charge in [0.05, 0.1) is 6.42 Å². The summed E-state index contributed by atoms with van der Waals surface area (Å²) in [5.74, 6) is 0.410. The second kappa shape index (κ2) is 5.50. The van der Waals surface area contributed by atoms with Gasteiger partial charge in [0.15, 0.2) is 0 Å². The van der Waals surface area contributed by atoms with Crippen molar-refractivity contribution >= 4 is 17.5 Å². The highest BCUT2D eigenvalue weighted by Gasteiger charge is 2.05. The van der Waals surface area contributed by atoms with Gasteiger partial charge in [-0.1, -0.05) is 18.2 Å². The molecule has 14 heavy (non-hydrogen) atoms. The second-order valence-corrected chi connectivity index (χ2v) is 3.22. The molecule has 0 radical (unpaired) electrons. The highest BCUT2D eigenvalue weighted by Crippen LogP contribution is 2.15. The molecule has 0 atom stereocenters. The summed E-state index contributed by atoms with van der Waals surface area (Å²) in [6, 6.07) is 6.78. The van der Waals surface area contributed by atoms with Crippen molar-refractivity contribution in [1.82, 2.24) is 5.32 Å². The first-order valence-electron chi connectivity index (χ1n) is 4.33. The van der Waals surface area contributed by atoms with Crippen LogP contribution in [0.3, 0.4) is 0 Å². The highest BCUT2D eigenvalue weighted by molar-refractivity contribution is 6.18. The smallest absolute Gasteiger partial charge is 0.224 e. The Bertz CT molecular complexity index is 315. The van der Waals surface area contributed by atoms with Gasteiger partial charge in [-0.3, -0.25) is 4.79 Å². The summed E-state index contributed by atoms with van der Waals surface area (Å²) in [7, 11) is 0. The van der Waals surface area contributed by atoms with Gasteiger partial charge in [0.25, 0.3) is 0 Å². The fourth-order valence-electron chi connectivity index (χ4n) is 1.08. The average molecular weight is 214 g/mol. The number of rotatable bonds is 4. The maximum atomic E-state index is 11.2. The van der Waals surface area contributed by atoms with E-state index >= 15 is 0 Å². The second-order valence-electron chi connectivity index (χ2n) is 2.84. The number of hydrogen-bond acceptors (Lipinski definition) is 2. The largest absolute Gasteiger partial charge is 0.508 e. The number of phenols is 1. The molecule has 0 aliphatic carbocycles. The van der Waals surface area contributed by atoms with Crippen molar-refractivity contribution in [2.75, 3.05) is 12.4 Å². The quantitative estimate of drug-likeness (QED) is 0.741. The van der Waals surface area contributed by atoms with Crippen molar-refractivity contribution in [3.05, 3.63) is 29.8 Å². The zero-order valence-corrected chi connectivity index (χ0v) is 8.42. The van der Waals surface area contributed by atoms with Crippen LogP contribution in [-0.2, 0) is 11.2 Å². The molecule has 1 aromatic carbocycles. The summed E-state index contributed by atoms with van der Waals surface area (Å²) in [6.07, 6.45) is 0.184. The predicted molar refractivity (Wildman–Crippen MR) is 55.5 cm³/mol. The van der Waals surface area contributed by atoms with Crippen molar-refractivity contribution in [3.8, 4) is 5.75 Å². The molecule has 4 heteroatoms. The molecule has 0 spiro atoms. The fourth-order valence-corrected chi connectivity index (χ4v) is 1.18. The summed E-state index contributed by atoms with van der Waals surface area (Å²) >= 11 is 5.42. The van der Waals surface area contributed by atoms with Gasteiger partial charge >= 0.3 is 0 Å². The van der Waals surface area contributed by atoms with E-state index in [2.05, 4.69) is 5.32 Å². The number of amides is 1. The van der Waals surface area contributed by atoms with Crippen molar-refractivity contribution in [1.29, 1.82) is 0 Å². The molecule has 0 aromatic heterocycles. The van der Waals surface area contributed by atoms with Gasteiger partial charge in [-0.25, -0.2) is 0 Å². The van der Waals surface area contributed by atoms with Crippen LogP contribution in [0.15, 0.2) is 24.3 Å². The maximum Gasteiger partial charge on any atom is 0.224 e. The van der Waals surface area contributed by atoms with Crippen LogP contribution in [-0.4, -0.2) is 23.4 Å². The zero-order chi connectivity index (χ0) is 10.4. The number of halogens is 1.